The van der Waals surface area contributed by atoms with E-state index in [4.69, 9.17) is 9.47 Å². The van der Waals surface area contributed by atoms with Gasteiger partial charge in [0.2, 0.25) is 0 Å². The second-order valence-electron chi connectivity index (χ2n) is 6.50. The first-order valence-electron chi connectivity index (χ1n) is 8.91. The van der Waals surface area contributed by atoms with Crippen molar-refractivity contribution in [3.8, 4) is 17.2 Å². The number of nitrogens with one attached hydrogen (secondary N) is 1. The van der Waals surface area contributed by atoms with E-state index in [1.807, 2.05) is 0 Å². The van der Waals surface area contributed by atoms with E-state index in [9.17, 15) is 22.4 Å². The number of carbonyl (C=O) groups is 1. The molecule has 30 heavy (non-hydrogen) atoms. The fourth-order valence-electron chi connectivity index (χ4n) is 3.03. The topological polar surface area (TPSA) is 65.4 Å². The van der Waals surface area contributed by atoms with Crippen LogP contribution in [0.1, 0.15) is 16.1 Å². The molecule has 156 valence electrons. The molecular weight excluding hydrogens is 406 g/mol. The van der Waals surface area contributed by atoms with E-state index < -0.39 is 35.3 Å². The van der Waals surface area contributed by atoms with Gasteiger partial charge in [0.15, 0.2) is 17.2 Å². The number of benzene rings is 2. The Morgan fingerprint density at radius 3 is 2.53 bits per heavy atom. The number of halogens is 4. The normalized spacial score (nSPS) is 15.7. The van der Waals surface area contributed by atoms with Crippen LogP contribution < -0.4 is 14.8 Å². The molecule has 1 aliphatic heterocycles. The standard InChI is InChI=1S/C20H15F4N3O3/c21-12-5-7-13(8-6-12)27-18(20(22,23)24)15(10-26-27)19(28)25-9-14-11-29-16-3-1-2-4-17(16)30-14/h1-8,10,14H,9,11H2,(H,25,28)/t14-/m1/s1. The molecule has 2 heterocycles. The van der Waals surface area contributed by atoms with Gasteiger partial charge >= 0.3 is 6.18 Å². The molecule has 0 unspecified atom stereocenters. The van der Waals surface area contributed by atoms with Crippen LogP contribution in [0.2, 0.25) is 0 Å². The van der Waals surface area contributed by atoms with E-state index in [1.54, 1.807) is 24.3 Å². The van der Waals surface area contributed by atoms with E-state index in [-0.39, 0.29) is 18.8 Å². The van der Waals surface area contributed by atoms with E-state index in [0.29, 0.717) is 16.2 Å². The summed E-state index contributed by atoms with van der Waals surface area (Å²) in [5, 5.41) is 6.11. The third-order valence-corrected chi connectivity index (χ3v) is 4.41. The lowest BCUT2D eigenvalue weighted by Gasteiger charge is -2.26. The summed E-state index contributed by atoms with van der Waals surface area (Å²) in [6, 6.07) is 11.3. The maximum absolute atomic E-state index is 13.7. The predicted molar refractivity (Wildman–Crippen MR) is 97.2 cm³/mol. The van der Waals surface area contributed by atoms with Gasteiger partial charge in [0.1, 0.15) is 18.5 Å². The number of hydrogen-bond acceptors (Lipinski definition) is 4. The predicted octanol–water partition coefficient (Wildman–Crippen LogP) is 3.60. The van der Waals surface area contributed by atoms with Gasteiger partial charge in [0.25, 0.3) is 5.91 Å². The zero-order valence-electron chi connectivity index (χ0n) is 15.3. The van der Waals surface area contributed by atoms with Gasteiger partial charge in [0, 0.05) is 0 Å². The van der Waals surface area contributed by atoms with Gasteiger partial charge in [-0.2, -0.15) is 18.3 Å². The maximum atomic E-state index is 13.7. The first-order valence-corrected chi connectivity index (χ1v) is 8.91. The van der Waals surface area contributed by atoms with Crippen LogP contribution in [-0.4, -0.2) is 34.9 Å². The Morgan fingerprint density at radius 2 is 1.83 bits per heavy atom. The Bertz CT molecular complexity index is 1060. The first-order chi connectivity index (χ1) is 14.3. The number of para-hydroxylation sites is 2. The number of carbonyl (C=O) groups excluding carboxylic acids is 1. The van der Waals surface area contributed by atoms with Gasteiger partial charge in [-0.25, -0.2) is 9.07 Å². The summed E-state index contributed by atoms with van der Waals surface area (Å²) in [5.41, 5.74) is -1.93. The second-order valence-corrected chi connectivity index (χ2v) is 6.50. The molecule has 6 nitrogen and oxygen atoms in total. The Labute approximate surface area is 168 Å². The average molecular weight is 421 g/mol. The molecule has 1 aromatic heterocycles. The highest BCUT2D eigenvalue weighted by atomic mass is 19.4. The monoisotopic (exact) mass is 421 g/mol. The molecule has 0 spiro atoms. The highest BCUT2D eigenvalue weighted by Crippen LogP contribution is 2.34. The molecule has 0 bridgehead atoms. The number of amides is 1. The van der Waals surface area contributed by atoms with Crippen molar-refractivity contribution < 1.29 is 31.8 Å². The molecule has 1 atom stereocenters. The minimum absolute atomic E-state index is 0.0246. The van der Waals surface area contributed by atoms with Crippen LogP contribution in [-0.2, 0) is 6.18 Å². The lowest BCUT2D eigenvalue weighted by molar-refractivity contribution is -0.143. The van der Waals surface area contributed by atoms with Crippen LogP contribution in [0.5, 0.6) is 11.5 Å². The Hall–Kier alpha value is -3.56. The summed E-state index contributed by atoms with van der Waals surface area (Å²) in [5.74, 6) is -0.519. The number of aromatic nitrogens is 2. The highest BCUT2D eigenvalue weighted by Gasteiger charge is 2.40. The SMILES string of the molecule is O=C(NC[C@@H]1COc2ccccc2O1)c1cnn(-c2ccc(F)cc2)c1C(F)(F)F. The summed E-state index contributed by atoms with van der Waals surface area (Å²) < 4.78 is 65.9. The van der Waals surface area contributed by atoms with Crippen molar-refractivity contribution in [2.24, 2.45) is 0 Å². The van der Waals surface area contributed by atoms with Crippen LogP contribution in [0.3, 0.4) is 0 Å². The third kappa shape index (κ3) is 3.93. The summed E-state index contributed by atoms with van der Waals surface area (Å²) in [4.78, 5) is 12.5. The van der Waals surface area contributed by atoms with Crippen LogP contribution in [0, 0.1) is 5.82 Å². The smallest absolute Gasteiger partial charge is 0.434 e. The molecule has 1 N–H and O–H groups in total. The van der Waals surface area contributed by atoms with Crippen molar-refractivity contribution in [3.63, 3.8) is 0 Å². The summed E-state index contributed by atoms with van der Waals surface area (Å²) >= 11 is 0. The largest absolute Gasteiger partial charge is 0.486 e. The molecule has 0 aliphatic carbocycles. The number of ether oxygens (including phenoxy) is 2. The molecule has 4 rings (SSSR count). The fourth-order valence-corrected chi connectivity index (χ4v) is 3.03. The van der Waals surface area contributed by atoms with E-state index >= 15 is 0 Å². The van der Waals surface area contributed by atoms with E-state index in [0.717, 1.165) is 30.5 Å². The van der Waals surface area contributed by atoms with E-state index in [2.05, 4.69) is 10.4 Å². The van der Waals surface area contributed by atoms with Crippen molar-refractivity contribution >= 4 is 5.91 Å². The number of rotatable bonds is 4. The minimum atomic E-state index is -4.86. The summed E-state index contributed by atoms with van der Waals surface area (Å²) in [6.07, 6.45) is -4.60. The lowest BCUT2D eigenvalue weighted by atomic mass is 10.2. The molecule has 1 aliphatic rings. The van der Waals surface area contributed by atoms with Gasteiger partial charge in [-0.1, -0.05) is 12.1 Å². The number of hydrogen-bond donors (Lipinski definition) is 1. The van der Waals surface area contributed by atoms with Crippen molar-refractivity contribution in [2.75, 3.05) is 13.2 Å². The number of fused-ring (bicyclic) bond motifs is 1. The van der Waals surface area contributed by atoms with Gasteiger partial charge in [-0.05, 0) is 36.4 Å². The molecule has 0 saturated carbocycles. The second kappa shape index (κ2) is 7.69. The van der Waals surface area contributed by atoms with Crippen molar-refractivity contribution in [2.45, 2.75) is 12.3 Å². The van der Waals surface area contributed by atoms with Gasteiger partial charge in [-0.15, -0.1) is 0 Å². The Kier molecular flexibility index (Phi) is 5.06. The van der Waals surface area contributed by atoms with Gasteiger partial charge in [-0.3, -0.25) is 4.79 Å². The third-order valence-electron chi connectivity index (χ3n) is 4.41. The highest BCUT2D eigenvalue weighted by molar-refractivity contribution is 5.95. The molecule has 3 aromatic rings. The quantitative estimate of drug-likeness (QED) is 0.654. The lowest BCUT2D eigenvalue weighted by Crippen LogP contribution is -2.41. The van der Waals surface area contributed by atoms with E-state index in [1.165, 1.54) is 0 Å². The number of alkyl halides is 3. The van der Waals surface area contributed by atoms with Crippen molar-refractivity contribution in [3.05, 3.63) is 71.8 Å². The van der Waals surface area contributed by atoms with Crippen molar-refractivity contribution in [1.29, 1.82) is 0 Å². The average Bonchev–Trinajstić information content (AvgIpc) is 3.18. The Balaban J connectivity index is 1.52. The molecule has 0 fully saturated rings. The van der Waals surface area contributed by atoms with Crippen LogP contribution in [0.15, 0.2) is 54.7 Å². The first kappa shape index (κ1) is 19.7. The molecule has 2 aromatic carbocycles. The molecule has 0 saturated heterocycles. The van der Waals surface area contributed by atoms with Gasteiger partial charge in [0.05, 0.1) is 24.0 Å². The summed E-state index contributed by atoms with van der Waals surface area (Å²) in [6.45, 7) is 0.0739. The van der Waals surface area contributed by atoms with Gasteiger partial charge < -0.3 is 14.8 Å². The fraction of sp³-hybridized carbons (Fsp3) is 0.200. The zero-order chi connectivity index (χ0) is 21.3. The van der Waals surface area contributed by atoms with Crippen LogP contribution in [0.25, 0.3) is 5.69 Å². The van der Waals surface area contributed by atoms with Crippen molar-refractivity contribution in [1.82, 2.24) is 15.1 Å². The molecule has 10 heteroatoms. The minimum Gasteiger partial charge on any atom is -0.486 e. The maximum Gasteiger partial charge on any atom is 0.434 e. The summed E-state index contributed by atoms with van der Waals surface area (Å²) in [7, 11) is 0. The molecule has 0 radical (unpaired) electrons. The van der Waals surface area contributed by atoms with Crippen LogP contribution in [0.4, 0.5) is 17.6 Å². The molecule has 1 amide bonds. The Morgan fingerprint density at radius 1 is 1.13 bits per heavy atom. The molecular formula is C20H15F4N3O3. The zero-order valence-corrected chi connectivity index (χ0v) is 15.3. The number of nitrogens with zero attached hydrogens (tertiary/aromatic N) is 2. The van der Waals surface area contributed by atoms with Crippen LogP contribution >= 0.6 is 0 Å².